The van der Waals surface area contributed by atoms with Crippen molar-refractivity contribution in [3.05, 3.63) is 89.5 Å². The van der Waals surface area contributed by atoms with Gasteiger partial charge in [0.05, 0.1) is 16.8 Å². The van der Waals surface area contributed by atoms with E-state index in [1.54, 1.807) is 48.5 Å². The van der Waals surface area contributed by atoms with Crippen LogP contribution in [-0.2, 0) is 26.6 Å². The molecule has 0 atom stereocenters. The van der Waals surface area contributed by atoms with E-state index in [-0.39, 0.29) is 17.0 Å². The molecule has 3 aromatic rings. The fraction of sp³-hybridized carbons (Fsp3) is 0.136. The van der Waals surface area contributed by atoms with Gasteiger partial charge in [-0.25, -0.2) is 16.8 Å². The van der Waals surface area contributed by atoms with Gasteiger partial charge in [-0.3, -0.25) is 14.2 Å². The van der Waals surface area contributed by atoms with Crippen LogP contribution in [0.5, 0.6) is 0 Å². The number of anilines is 2. The topological polar surface area (TPSA) is 121 Å². The molecule has 8 nitrogen and oxygen atoms in total. The molecule has 0 saturated carbocycles. The van der Waals surface area contributed by atoms with E-state index in [0.717, 1.165) is 11.8 Å². The van der Waals surface area contributed by atoms with Gasteiger partial charge in [0.25, 0.3) is 15.9 Å². The van der Waals surface area contributed by atoms with Crippen LogP contribution in [0.1, 0.15) is 21.5 Å². The van der Waals surface area contributed by atoms with Gasteiger partial charge in [-0.1, -0.05) is 35.9 Å². The highest BCUT2D eigenvalue weighted by Crippen LogP contribution is 2.18. The second-order valence-corrected chi connectivity index (χ2v) is 10.6. The van der Waals surface area contributed by atoms with Gasteiger partial charge in [-0.05, 0) is 55.0 Å². The Morgan fingerprint density at radius 1 is 0.812 bits per heavy atom. The number of sulfonamides is 2. The van der Waals surface area contributed by atoms with E-state index < -0.39 is 26.0 Å². The molecule has 0 unspecified atom stereocenters. The molecule has 0 fully saturated rings. The second kappa shape index (κ2) is 9.41. The van der Waals surface area contributed by atoms with Gasteiger partial charge in [0.2, 0.25) is 10.0 Å². The zero-order valence-corrected chi connectivity index (χ0v) is 19.1. The number of para-hydroxylation sites is 1. The maximum absolute atomic E-state index is 12.6. The Morgan fingerprint density at radius 3 is 2.06 bits per heavy atom. The molecule has 0 saturated heterocycles. The van der Waals surface area contributed by atoms with Crippen molar-refractivity contribution in [2.24, 2.45) is 0 Å². The lowest BCUT2D eigenvalue weighted by Crippen LogP contribution is -2.24. The number of benzene rings is 3. The van der Waals surface area contributed by atoms with Crippen molar-refractivity contribution >= 4 is 37.3 Å². The third kappa shape index (κ3) is 6.32. The summed E-state index contributed by atoms with van der Waals surface area (Å²) < 4.78 is 53.0. The summed E-state index contributed by atoms with van der Waals surface area (Å²) in [7, 11) is -7.25. The lowest BCUT2D eigenvalue weighted by atomic mass is 10.1. The maximum Gasteiger partial charge on any atom is 0.261 e. The molecule has 0 aliphatic heterocycles. The SMILES string of the molecule is Cc1ccc(NS(=O)(=O)c2ccc(C(=O)NCc3ccccc3NS(C)(=O)=O)cc2)cc1. The minimum atomic E-state index is -3.79. The molecular formula is C22H23N3O5S2. The molecule has 3 rings (SSSR count). The maximum atomic E-state index is 12.6. The van der Waals surface area contributed by atoms with E-state index in [9.17, 15) is 21.6 Å². The number of rotatable bonds is 8. The van der Waals surface area contributed by atoms with Gasteiger partial charge in [0, 0.05) is 17.8 Å². The normalized spacial score (nSPS) is 11.6. The quantitative estimate of drug-likeness (QED) is 0.464. The predicted molar refractivity (Wildman–Crippen MR) is 125 cm³/mol. The Labute approximate surface area is 187 Å². The molecule has 0 spiro atoms. The minimum Gasteiger partial charge on any atom is -0.348 e. The number of carbonyl (C=O) groups is 1. The van der Waals surface area contributed by atoms with Gasteiger partial charge in [-0.2, -0.15) is 0 Å². The van der Waals surface area contributed by atoms with Crippen molar-refractivity contribution in [2.75, 3.05) is 15.7 Å². The van der Waals surface area contributed by atoms with E-state index in [2.05, 4.69) is 14.8 Å². The summed E-state index contributed by atoms with van der Waals surface area (Å²) in [5.74, 6) is -0.422. The predicted octanol–water partition coefficient (Wildman–Crippen LogP) is 3.10. The number of nitrogens with one attached hydrogen (secondary N) is 3. The third-order valence-electron chi connectivity index (χ3n) is 4.48. The molecule has 10 heteroatoms. The summed E-state index contributed by atoms with van der Waals surface area (Å²) >= 11 is 0. The first-order chi connectivity index (χ1) is 15.0. The highest BCUT2D eigenvalue weighted by atomic mass is 32.2. The van der Waals surface area contributed by atoms with Crippen molar-refractivity contribution in [3.63, 3.8) is 0 Å². The zero-order chi connectivity index (χ0) is 23.4. The molecule has 168 valence electrons. The van der Waals surface area contributed by atoms with E-state index >= 15 is 0 Å². The molecule has 1 amide bonds. The number of hydrogen-bond donors (Lipinski definition) is 3. The lowest BCUT2D eigenvalue weighted by molar-refractivity contribution is 0.0951. The number of aryl methyl sites for hydroxylation is 1. The van der Waals surface area contributed by atoms with Crippen LogP contribution in [0.2, 0.25) is 0 Å². The Balaban J connectivity index is 1.67. The molecule has 0 radical (unpaired) electrons. The van der Waals surface area contributed by atoms with Crippen LogP contribution < -0.4 is 14.8 Å². The van der Waals surface area contributed by atoms with Crippen molar-refractivity contribution in [3.8, 4) is 0 Å². The standard InChI is InChI=1S/C22H23N3O5S2/c1-16-7-11-19(12-8-16)24-32(29,30)20-13-9-17(10-14-20)22(26)23-15-18-5-3-4-6-21(18)25-31(2,27)28/h3-14,24-25H,15H2,1-2H3,(H,23,26). The van der Waals surface area contributed by atoms with E-state index in [0.29, 0.717) is 16.9 Å². The van der Waals surface area contributed by atoms with Crippen molar-refractivity contribution in [1.82, 2.24) is 5.32 Å². The number of carbonyl (C=O) groups excluding carboxylic acids is 1. The zero-order valence-electron chi connectivity index (χ0n) is 17.5. The monoisotopic (exact) mass is 473 g/mol. The summed E-state index contributed by atoms with van der Waals surface area (Å²) in [6.07, 6.45) is 1.05. The molecule has 3 N–H and O–H groups in total. The van der Waals surface area contributed by atoms with Crippen LogP contribution in [0.15, 0.2) is 77.7 Å². The summed E-state index contributed by atoms with van der Waals surface area (Å²) in [5.41, 5.74) is 2.69. The Morgan fingerprint density at radius 2 is 1.44 bits per heavy atom. The molecule has 0 heterocycles. The molecule has 0 aliphatic rings. The fourth-order valence-corrected chi connectivity index (χ4v) is 4.53. The molecule has 0 aliphatic carbocycles. The van der Waals surface area contributed by atoms with Crippen LogP contribution in [0.25, 0.3) is 0 Å². The minimum absolute atomic E-state index is 0.0253. The Hall–Kier alpha value is -3.37. The highest BCUT2D eigenvalue weighted by molar-refractivity contribution is 7.92. The summed E-state index contributed by atoms with van der Waals surface area (Å²) in [5, 5.41) is 2.71. The fourth-order valence-electron chi connectivity index (χ4n) is 2.87. The van der Waals surface area contributed by atoms with Crippen LogP contribution in [0, 0.1) is 6.92 Å². The Bertz CT molecular complexity index is 1320. The average molecular weight is 474 g/mol. The van der Waals surface area contributed by atoms with E-state index in [4.69, 9.17) is 0 Å². The highest BCUT2D eigenvalue weighted by Gasteiger charge is 2.16. The van der Waals surface area contributed by atoms with Crippen molar-refractivity contribution in [1.29, 1.82) is 0 Å². The first-order valence-corrected chi connectivity index (χ1v) is 12.9. The first kappa shape index (κ1) is 23.3. The van der Waals surface area contributed by atoms with E-state index in [1.807, 2.05) is 6.92 Å². The van der Waals surface area contributed by atoms with Gasteiger partial charge < -0.3 is 5.32 Å². The van der Waals surface area contributed by atoms with Crippen LogP contribution in [0.3, 0.4) is 0 Å². The average Bonchev–Trinajstić information content (AvgIpc) is 2.73. The van der Waals surface area contributed by atoms with E-state index in [1.165, 1.54) is 24.3 Å². The molecular weight excluding hydrogens is 450 g/mol. The third-order valence-corrected chi connectivity index (χ3v) is 6.47. The van der Waals surface area contributed by atoms with Gasteiger partial charge >= 0.3 is 0 Å². The van der Waals surface area contributed by atoms with Crippen molar-refractivity contribution < 1.29 is 21.6 Å². The van der Waals surface area contributed by atoms with Gasteiger partial charge in [0.1, 0.15) is 0 Å². The van der Waals surface area contributed by atoms with Gasteiger partial charge in [-0.15, -0.1) is 0 Å². The summed E-state index contributed by atoms with van der Waals surface area (Å²) in [6, 6.07) is 19.2. The number of hydrogen-bond acceptors (Lipinski definition) is 5. The van der Waals surface area contributed by atoms with Crippen LogP contribution in [-0.4, -0.2) is 29.0 Å². The molecule has 3 aromatic carbocycles. The summed E-state index contributed by atoms with van der Waals surface area (Å²) in [4.78, 5) is 12.5. The summed E-state index contributed by atoms with van der Waals surface area (Å²) in [6.45, 7) is 2.00. The van der Waals surface area contributed by atoms with Crippen LogP contribution in [0.4, 0.5) is 11.4 Å². The molecule has 0 bridgehead atoms. The second-order valence-electron chi connectivity index (χ2n) is 7.21. The number of amides is 1. The molecule has 32 heavy (non-hydrogen) atoms. The van der Waals surface area contributed by atoms with Crippen LogP contribution >= 0.6 is 0 Å². The smallest absolute Gasteiger partial charge is 0.261 e. The largest absolute Gasteiger partial charge is 0.348 e. The molecule has 0 aromatic heterocycles. The first-order valence-electron chi connectivity index (χ1n) is 9.57. The van der Waals surface area contributed by atoms with Gasteiger partial charge in [0.15, 0.2) is 0 Å². The lowest BCUT2D eigenvalue weighted by Gasteiger charge is -2.12. The Kier molecular flexibility index (Phi) is 6.85. The van der Waals surface area contributed by atoms with Crippen molar-refractivity contribution in [2.45, 2.75) is 18.4 Å².